The number of anilines is 1. The van der Waals surface area contributed by atoms with Gasteiger partial charge in [0.05, 0.1) is 11.2 Å². The van der Waals surface area contributed by atoms with Gasteiger partial charge in [0.2, 0.25) is 5.95 Å². The maximum atomic E-state index is 5.01. The van der Waals surface area contributed by atoms with Crippen LogP contribution in [0.5, 0.6) is 0 Å². The molecule has 0 aliphatic carbocycles. The molecular weight excluding hydrogens is 344 g/mol. The average Bonchev–Trinajstić information content (AvgIpc) is 2.67. The normalized spacial score (nSPS) is 22.1. The van der Waals surface area contributed by atoms with Crippen molar-refractivity contribution in [3.05, 3.63) is 54.6 Å². The summed E-state index contributed by atoms with van der Waals surface area (Å²) in [5.41, 5.74) is 3.21. The van der Waals surface area contributed by atoms with Crippen LogP contribution >= 0.6 is 12.4 Å². The van der Waals surface area contributed by atoms with Crippen molar-refractivity contribution in [1.82, 2.24) is 15.3 Å². The summed E-state index contributed by atoms with van der Waals surface area (Å²) in [6, 6.07) is 19.9. The van der Waals surface area contributed by atoms with E-state index in [1.54, 1.807) is 0 Å². The van der Waals surface area contributed by atoms with Crippen molar-refractivity contribution in [3.63, 3.8) is 0 Å². The van der Waals surface area contributed by atoms with Gasteiger partial charge in [0.15, 0.2) is 0 Å². The summed E-state index contributed by atoms with van der Waals surface area (Å²) < 4.78 is 0. The lowest BCUT2D eigenvalue weighted by molar-refractivity contribution is 0.282. The van der Waals surface area contributed by atoms with Crippen molar-refractivity contribution in [1.29, 1.82) is 0 Å². The predicted octanol–water partition coefficient (Wildman–Crippen LogP) is 4.05. The van der Waals surface area contributed by atoms with Crippen molar-refractivity contribution in [2.45, 2.75) is 31.3 Å². The van der Waals surface area contributed by atoms with Crippen LogP contribution in [0.25, 0.3) is 22.2 Å². The van der Waals surface area contributed by atoms with Gasteiger partial charge in [-0.05, 0) is 18.9 Å². The molecule has 134 valence electrons. The van der Waals surface area contributed by atoms with E-state index in [0.29, 0.717) is 12.1 Å². The average molecular weight is 367 g/mol. The lowest BCUT2D eigenvalue weighted by atomic mass is 9.94. The van der Waals surface area contributed by atoms with Crippen LogP contribution in [0.4, 0.5) is 5.95 Å². The van der Waals surface area contributed by atoms with Crippen molar-refractivity contribution in [2.75, 3.05) is 18.0 Å². The third kappa shape index (κ3) is 3.15. The monoisotopic (exact) mass is 366 g/mol. The molecule has 0 saturated carbocycles. The fourth-order valence-corrected chi connectivity index (χ4v) is 4.19. The van der Waals surface area contributed by atoms with Crippen LogP contribution in [-0.2, 0) is 0 Å². The van der Waals surface area contributed by atoms with E-state index >= 15 is 0 Å². The molecule has 2 bridgehead atoms. The lowest BCUT2D eigenvalue weighted by Crippen LogP contribution is -2.59. The Labute approximate surface area is 160 Å². The smallest absolute Gasteiger partial charge is 0.226 e. The second-order valence-electron chi connectivity index (χ2n) is 7.15. The number of rotatable bonds is 2. The molecule has 0 amide bonds. The Morgan fingerprint density at radius 1 is 0.846 bits per heavy atom. The summed E-state index contributed by atoms with van der Waals surface area (Å²) in [7, 11) is 0. The highest BCUT2D eigenvalue weighted by Crippen LogP contribution is 2.29. The Hall–Kier alpha value is -2.17. The van der Waals surface area contributed by atoms with Gasteiger partial charge >= 0.3 is 0 Å². The highest BCUT2D eigenvalue weighted by molar-refractivity contribution is 5.93. The molecule has 0 radical (unpaired) electrons. The van der Waals surface area contributed by atoms with E-state index in [9.17, 15) is 0 Å². The molecule has 3 heterocycles. The fraction of sp³-hybridized carbons (Fsp3) is 0.333. The van der Waals surface area contributed by atoms with Crippen LogP contribution in [0, 0.1) is 0 Å². The van der Waals surface area contributed by atoms with Crippen molar-refractivity contribution >= 4 is 29.3 Å². The van der Waals surface area contributed by atoms with E-state index in [-0.39, 0.29) is 12.4 Å². The zero-order valence-corrected chi connectivity index (χ0v) is 15.5. The van der Waals surface area contributed by atoms with Gasteiger partial charge < -0.3 is 10.2 Å². The summed E-state index contributed by atoms with van der Waals surface area (Å²) in [5.74, 6) is 0.871. The molecule has 4 nitrogen and oxygen atoms in total. The molecule has 1 N–H and O–H groups in total. The molecule has 2 aliphatic rings. The Kier molecular flexibility index (Phi) is 4.79. The van der Waals surface area contributed by atoms with Gasteiger partial charge in [-0.3, -0.25) is 0 Å². The number of para-hydroxylation sites is 1. The fourth-order valence-electron chi connectivity index (χ4n) is 4.19. The summed E-state index contributed by atoms with van der Waals surface area (Å²) in [6.45, 7) is 2.01. The lowest BCUT2D eigenvalue weighted by Gasteiger charge is -2.42. The Bertz CT molecular complexity index is 887. The summed E-state index contributed by atoms with van der Waals surface area (Å²) >= 11 is 0. The third-order valence-corrected chi connectivity index (χ3v) is 5.38. The maximum Gasteiger partial charge on any atom is 0.226 e. The minimum Gasteiger partial charge on any atom is -0.338 e. The van der Waals surface area contributed by atoms with E-state index in [0.717, 1.165) is 41.2 Å². The molecule has 0 spiro atoms. The van der Waals surface area contributed by atoms with E-state index in [1.165, 1.54) is 19.3 Å². The zero-order chi connectivity index (χ0) is 16.6. The Morgan fingerprint density at radius 2 is 1.54 bits per heavy atom. The first kappa shape index (κ1) is 17.3. The summed E-state index contributed by atoms with van der Waals surface area (Å²) in [5, 5.41) is 4.86. The summed E-state index contributed by atoms with van der Waals surface area (Å²) in [6.07, 6.45) is 3.85. The SMILES string of the molecule is Cl.c1ccc(-c2nc(N3CC4CCCC(C3)N4)nc3ccccc23)cc1. The number of benzene rings is 2. The van der Waals surface area contributed by atoms with Crippen LogP contribution in [-0.4, -0.2) is 35.1 Å². The molecule has 2 saturated heterocycles. The maximum absolute atomic E-state index is 5.01. The van der Waals surface area contributed by atoms with Crippen molar-refractivity contribution in [2.24, 2.45) is 0 Å². The first-order chi connectivity index (χ1) is 12.4. The second-order valence-corrected chi connectivity index (χ2v) is 7.15. The highest BCUT2D eigenvalue weighted by Gasteiger charge is 2.31. The van der Waals surface area contributed by atoms with Gasteiger partial charge in [-0.1, -0.05) is 55.0 Å². The van der Waals surface area contributed by atoms with Crippen molar-refractivity contribution in [3.8, 4) is 11.3 Å². The second kappa shape index (κ2) is 7.22. The number of piperidine rings is 1. The molecule has 26 heavy (non-hydrogen) atoms. The molecule has 2 atom stereocenters. The number of nitrogens with one attached hydrogen (secondary N) is 1. The number of hydrogen-bond acceptors (Lipinski definition) is 4. The van der Waals surface area contributed by atoms with Gasteiger partial charge in [0, 0.05) is 36.1 Å². The number of piperazine rings is 1. The van der Waals surface area contributed by atoms with Gasteiger partial charge in [-0.25, -0.2) is 9.97 Å². The van der Waals surface area contributed by atoms with E-state index < -0.39 is 0 Å². The Morgan fingerprint density at radius 3 is 2.31 bits per heavy atom. The first-order valence-electron chi connectivity index (χ1n) is 9.20. The van der Waals surface area contributed by atoms with Crippen LogP contribution in [0.2, 0.25) is 0 Å². The van der Waals surface area contributed by atoms with Gasteiger partial charge in [0.1, 0.15) is 0 Å². The van der Waals surface area contributed by atoms with Gasteiger partial charge in [0.25, 0.3) is 0 Å². The minimum atomic E-state index is 0. The number of aromatic nitrogens is 2. The van der Waals surface area contributed by atoms with E-state index in [4.69, 9.17) is 9.97 Å². The number of hydrogen-bond donors (Lipinski definition) is 1. The summed E-state index contributed by atoms with van der Waals surface area (Å²) in [4.78, 5) is 12.3. The van der Waals surface area contributed by atoms with Crippen molar-refractivity contribution < 1.29 is 0 Å². The number of halogens is 1. The number of nitrogens with zero attached hydrogens (tertiary/aromatic N) is 3. The predicted molar refractivity (Wildman–Crippen MR) is 109 cm³/mol. The van der Waals surface area contributed by atoms with E-state index in [2.05, 4.69) is 58.7 Å². The standard InChI is InChI=1S/C21H22N4.ClH/c1-2-7-15(8-3-1)20-18-11-4-5-12-19(18)23-21(24-20)25-13-16-9-6-10-17(14-25)22-16;/h1-5,7-8,11-12,16-17,22H,6,9-10,13-14H2;1H. The van der Waals surface area contributed by atoms with Crippen LogP contribution in [0.3, 0.4) is 0 Å². The molecule has 2 aliphatic heterocycles. The number of fused-ring (bicyclic) bond motifs is 3. The molecule has 5 rings (SSSR count). The molecule has 5 heteroatoms. The molecule has 2 fully saturated rings. The highest BCUT2D eigenvalue weighted by atomic mass is 35.5. The molecule has 3 aromatic rings. The quantitative estimate of drug-likeness (QED) is 0.742. The third-order valence-electron chi connectivity index (χ3n) is 5.38. The van der Waals surface area contributed by atoms with E-state index in [1.807, 2.05) is 6.07 Å². The molecular formula is C21H23ClN4. The molecule has 2 unspecified atom stereocenters. The van der Waals surface area contributed by atoms with Crippen LogP contribution < -0.4 is 10.2 Å². The van der Waals surface area contributed by atoms with Crippen LogP contribution in [0.1, 0.15) is 19.3 Å². The van der Waals surface area contributed by atoms with Gasteiger partial charge in [-0.2, -0.15) is 0 Å². The van der Waals surface area contributed by atoms with Gasteiger partial charge in [-0.15, -0.1) is 12.4 Å². The minimum absolute atomic E-state index is 0. The topological polar surface area (TPSA) is 41.1 Å². The first-order valence-corrected chi connectivity index (χ1v) is 9.20. The van der Waals surface area contributed by atoms with Crippen LogP contribution in [0.15, 0.2) is 54.6 Å². The zero-order valence-electron chi connectivity index (χ0n) is 14.6. The molecule has 2 aromatic carbocycles. The largest absolute Gasteiger partial charge is 0.338 e. The molecule has 1 aromatic heterocycles. The Balaban J connectivity index is 0.00000168.